The Morgan fingerprint density at radius 3 is 2.00 bits per heavy atom. The molecule has 1 aliphatic carbocycles. The highest BCUT2D eigenvalue weighted by Gasteiger charge is 2.34. The predicted molar refractivity (Wildman–Crippen MR) is 67.9 cm³/mol. The van der Waals surface area contributed by atoms with E-state index >= 15 is 0 Å². The lowest BCUT2D eigenvalue weighted by molar-refractivity contribution is 0.173. The van der Waals surface area contributed by atoms with Crippen molar-refractivity contribution in [1.82, 2.24) is 4.31 Å². The van der Waals surface area contributed by atoms with E-state index in [9.17, 15) is 8.42 Å². The van der Waals surface area contributed by atoms with Crippen LogP contribution in [-0.4, -0.2) is 31.1 Å². The second kappa shape index (κ2) is 4.65. The van der Waals surface area contributed by atoms with Gasteiger partial charge < -0.3 is 0 Å². The Hall–Kier alpha value is -0.0900. The number of hydrogen-bond donors (Lipinski definition) is 0. The molecule has 1 fully saturated rings. The van der Waals surface area contributed by atoms with Crippen LogP contribution in [0.4, 0.5) is 0 Å². The Morgan fingerprint density at radius 2 is 1.62 bits per heavy atom. The van der Waals surface area contributed by atoms with Gasteiger partial charge in [-0.2, -0.15) is 0 Å². The maximum atomic E-state index is 12.0. The highest BCUT2D eigenvalue weighted by Crippen LogP contribution is 2.37. The summed E-state index contributed by atoms with van der Waals surface area (Å²) in [5.74, 6) is 0. The lowest BCUT2D eigenvalue weighted by atomic mass is 9.76. The van der Waals surface area contributed by atoms with Crippen molar-refractivity contribution in [3.8, 4) is 0 Å². The van der Waals surface area contributed by atoms with E-state index in [1.165, 1.54) is 0 Å². The number of sulfonamides is 1. The Kier molecular flexibility index (Phi) is 4.06. The third-order valence-corrected chi connectivity index (χ3v) is 6.11. The van der Waals surface area contributed by atoms with E-state index in [1.54, 1.807) is 25.2 Å². The summed E-state index contributed by atoms with van der Waals surface area (Å²) in [4.78, 5) is 0. The van der Waals surface area contributed by atoms with Gasteiger partial charge >= 0.3 is 0 Å². The average molecular weight is 247 g/mol. The van der Waals surface area contributed by atoms with E-state index in [0.717, 1.165) is 25.7 Å². The summed E-state index contributed by atoms with van der Waals surface area (Å²) in [7, 11) is -1.35. The van der Waals surface area contributed by atoms with Crippen LogP contribution in [0, 0.1) is 5.41 Å². The third kappa shape index (κ3) is 2.98. The average Bonchev–Trinajstić information content (AvgIpc) is 2.16. The number of nitrogens with zero attached hydrogens (tertiary/aromatic N) is 1. The van der Waals surface area contributed by atoms with Gasteiger partial charge in [-0.05, 0) is 44.9 Å². The zero-order valence-corrected chi connectivity index (χ0v) is 12.0. The van der Waals surface area contributed by atoms with E-state index in [2.05, 4.69) is 13.8 Å². The summed E-state index contributed by atoms with van der Waals surface area (Å²) >= 11 is 0. The summed E-state index contributed by atoms with van der Waals surface area (Å²) in [5.41, 5.74) is 0.388. The van der Waals surface area contributed by atoms with Crippen LogP contribution >= 0.6 is 0 Å². The Balaban J connectivity index is 2.68. The molecule has 0 aromatic heterocycles. The molecule has 1 aliphatic rings. The van der Waals surface area contributed by atoms with Crippen LogP contribution in [0.3, 0.4) is 0 Å². The van der Waals surface area contributed by atoms with Gasteiger partial charge in [-0.25, -0.2) is 12.7 Å². The second-order valence-corrected chi connectivity index (χ2v) is 8.55. The van der Waals surface area contributed by atoms with E-state index in [0.29, 0.717) is 5.41 Å². The molecule has 0 heterocycles. The molecule has 0 aromatic rings. The lowest BCUT2D eigenvalue weighted by Crippen LogP contribution is -2.43. The first-order chi connectivity index (χ1) is 7.17. The summed E-state index contributed by atoms with van der Waals surface area (Å²) in [6.07, 6.45) is 4.23. The fraction of sp³-hybridized carbons (Fsp3) is 1.00. The van der Waals surface area contributed by atoms with Crippen molar-refractivity contribution in [3.05, 3.63) is 0 Å². The summed E-state index contributed by atoms with van der Waals surface area (Å²) in [6, 6.07) is 0.209. The quantitative estimate of drug-likeness (QED) is 0.769. The van der Waals surface area contributed by atoms with E-state index in [-0.39, 0.29) is 11.3 Å². The van der Waals surface area contributed by atoms with E-state index in [1.807, 2.05) is 0 Å². The molecule has 0 N–H and O–H groups in total. The fourth-order valence-corrected chi connectivity index (χ4v) is 3.58. The van der Waals surface area contributed by atoms with Crippen molar-refractivity contribution in [2.45, 2.75) is 64.7 Å². The molecule has 0 aromatic carbocycles. The molecular weight excluding hydrogens is 222 g/mol. The van der Waals surface area contributed by atoms with Crippen molar-refractivity contribution in [2.75, 3.05) is 7.05 Å². The minimum atomic E-state index is -3.08. The third-order valence-electron chi connectivity index (χ3n) is 3.82. The van der Waals surface area contributed by atoms with Gasteiger partial charge in [0, 0.05) is 13.1 Å². The molecule has 1 rings (SSSR count). The maximum Gasteiger partial charge on any atom is 0.216 e. The van der Waals surface area contributed by atoms with Gasteiger partial charge in [0.25, 0.3) is 0 Å². The minimum absolute atomic E-state index is 0.209. The minimum Gasteiger partial charge on any atom is -0.212 e. The predicted octanol–water partition coefficient (Wildman–Crippen LogP) is 2.63. The van der Waals surface area contributed by atoms with Gasteiger partial charge in [-0.1, -0.05) is 13.8 Å². The van der Waals surface area contributed by atoms with Gasteiger partial charge in [-0.3, -0.25) is 0 Å². The second-order valence-electron chi connectivity index (χ2n) is 6.01. The molecule has 3 nitrogen and oxygen atoms in total. The fourth-order valence-electron chi connectivity index (χ4n) is 2.29. The Labute approximate surface area is 100 Å². The molecule has 1 saturated carbocycles. The van der Waals surface area contributed by atoms with Gasteiger partial charge in [0.15, 0.2) is 0 Å². The highest BCUT2D eigenvalue weighted by molar-refractivity contribution is 7.89. The van der Waals surface area contributed by atoms with Gasteiger partial charge in [-0.15, -0.1) is 0 Å². The standard InChI is InChI=1S/C12H25NO2S/c1-10(2)16(14,15)13(5)11-6-8-12(3,4)9-7-11/h10-11H,6-9H2,1-5H3. The molecule has 4 heteroatoms. The zero-order chi connectivity index (χ0) is 12.6. The van der Waals surface area contributed by atoms with Crippen LogP contribution in [0.2, 0.25) is 0 Å². The monoisotopic (exact) mass is 247 g/mol. The normalized spacial score (nSPS) is 22.9. The Bertz CT molecular complexity index is 323. The van der Waals surface area contributed by atoms with Gasteiger partial charge in [0.1, 0.15) is 0 Å². The van der Waals surface area contributed by atoms with Crippen LogP contribution in [0.25, 0.3) is 0 Å². The van der Waals surface area contributed by atoms with Crippen LogP contribution in [0.5, 0.6) is 0 Å². The Morgan fingerprint density at radius 1 is 1.19 bits per heavy atom. The molecule has 0 saturated heterocycles. The number of hydrogen-bond acceptors (Lipinski definition) is 2. The molecule has 16 heavy (non-hydrogen) atoms. The van der Waals surface area contributed by atoms with Crippen LogP contribution in [0.15, 0.2) is 0 Å². The van der Waals surface area contributed by atoms with Crippen molar-refractivity contribution in [3.63, 3.8) is 0 Å². The smallest absolute Gasteiger partial charge is 0.212 e. The highest BCUT2D eigenvalue weighted by atomic mass is 32.2. The van der Waals surface area contributed by atoms with Crippen molar-refractivity contribution in [1.29, 1.82) is 0 Å². The molecule has 0 unspecified atom stereocenters. The lowest BCUT2D eigenvalue weighted by Gasteiger charge is -2.38. The first-order valence-electron chi connectivity index (χ1n) is 6.14. The molecule has 0 aliphatic heterocycles. The SMILES string of the molecule is CC(C)S(=O)(=O)N(C)C1CCC(C)(C)CC1. The van der Waals surface area contributed by atoms with Crippen LogP contribution in [-0.2, 0) is 10.0 Å². The molecule has 0 bridgehead atoms. The molecule has 0 amide bonds. The first kappa shape index (κ1) is 14.0. The first-order valence-corrected chi connectivity index (χ1v) is 7.64. The summed E-state index contributed by atoms with van der Waals surface area (Å²) in [5, 5.41) is -0.313. The summed E-state index contributed by atoms with van der Waals surface area (Å²) < 4.78 is 25.6. The van der Waals surface area contributed by atoms with Gasteiger partial charge in [0.05, 0.1) is 5.25 Å². The van der Waals surface area contributed by atoms with Crippen LogP contribution < -0.4 is 0 Å². The zero-order valence-electron chi connectivity index (χ0n) is 11.2. The molecule has 0 radical (unpaired) electrons. The van der Waals surface area contributed by atoms with Crippen LogP contribution in [0.1, 0.15) is 53.4 Å². The van der Waals surface area contributed by atoms with Crippen molar-refractivity contribution in [2.24, 2.45) is 5.41 Å². The largest absolute Gasteiger partial charge is 0.216 e. The topological polar surface area (TPSA) is 37.4 Å². The van der Waals surface area contributed by atoms with E-state index in [4.69, 9.17) is 0 Å². The summed E-state index contributed by atoms with van der Waals surface area (Å²) in [6.45, 7) is 8.03. The molecule has 96 valence electrons. The van der Waals surface area contributed by atoms with E-state index < -0.39 is 10.0 Å². The molecular formula is C12H25NO2S. The van der Waals surface area contributed by atoms with Crippen molar-refractivity contribution >= 4 is 10.0 Å². The maximum absolute atomic E-state index is 12.0. The van der Waals surface area contributed by atoms with Crippen molar-refractivity contribution < 1.29 is 8.42 Å². The molecule has 0 spiro atoms. The number of rotatable bonds is 3. The van der Waals surface area contributed by atoms with Gasteiger partial charge in [0.2, 0.25) is 10.0 Å². The molecule has 0 atom stereocenters.